The third-order valence-electron chi connectivity index (χ3n) is 3.80. The fourth-order valence-corrected chi connectivity index (χ4v) is 3.50. The van der Waals surface area contributed by atoms with Crippen molar-refractivity contribution in [2.75, 3.05) is 5.73 Å². The second kappa shape index (κ2) is 3.12. The summed E-state index contributed by atoms with van der Waals surface area (Å²) in [4.78, 5) is 0. The Kier molecular flexibility index (Phi) is 2.00. The summed E-state index contributed by atoms with van der Waals surface area (Å²) >= 11 is 2.25. The van der Waals surface area contributed by atoms with Crippen LogP contribution in [0.15, 0.2) is 6.20 Å². The molecule has 0 amide bonds. The Morgan fingerprint density at radius 1 is 1.43 bits per heavy atom. The molecule has 4 heteroatoms. The number of aromatic nitrogens is 2. The Balaban J connectivity index is 1.93. The van der Waals surface area contributed by atoms with Crippen LogP contribution in [0.1, 0.15) is 31.7 Å². The van der Waals surface area contributed by atoms with Crippen LogP contribution in [0.2, 0.25) is 0 Å². The molecule has 2 N–H and O–H groups in total. The lowest BCUT2D eigenvalue weighted by Crippen LogP contribution is -2.19. The normalized spacial score (nSPS) is 35.4. The number of nitrogens with zero attached hydrogens (tertiary/aromatic N) is 2. The first-order valence-corrected chi connectivity index (χ1v) is 6.32. The molecule has 0 saturated heterocycles. The zero-order valence-electron chi connectivity index (χ0n) is 7.99. The van der Waals surface area contributed by atoms with Crippen LogP contribution in [-0.2, 0) is 0 Å². The van der Waals surface area contributed by atoms with Gasteiger partial charge in [0.25, 0.3) is 0 Å². The molecule has 14 heavy (non-hydrogen) atoms. The van der Waals surface area contributed by atoms with Crippen LogP contribution in [0.25, 0.3) is 0 Å². The summed E-state index contributed by atoms with van der Waals surface area (Å²) in [7, 11) is 0. The summed E-state index contributed by atoms with van der Waals surface area (Å²) in [5.74, 6) is 2.66. The first kappa shape index (κ1) is 9.00. The minimum atomic E-state index is 0.595. The Morgan fingerprint density at radius 2 is 2.29 bits per heavy atom. The van der Waals surface area contributed by atoms with Gasteiger partial charge >= 0.3 is 0 Å². The van der Waals surface area contributed by atoms with Gasteiger partial charge in [-0.05, 0) is 53.7 Å². The lowest BCUT2D eigenvalue weighted by molar-refractivity contribution is 0.310. The predicted octanol–water partition coefficient (Wildman–Crippen LogP) is 2.43. The molecule has 1 aromatic rings. The third-order valence-corrected chi connectivity index (χ3v) is 4.63. The average Bonchev–Trinajstić information content (AvgIpc) is 2.84. The van der Waals surface area contributed by atoms with Crippen molar-refractivity contribution in [2.24, 2.45) is 11.8 Å². The molecule has 0 spiro atoms. The standard InChI is InChI=1S/C10H14IN3/c11-8-5-13-14(10(8)12)9-4-6-1-2-7(9)3-6/h5-7,9H,1-4,12H2. The van der Waals surface area contributed by atoms with Gasteiger partial charge in [0.2, 0.25) is 0 Å². The number of hydrogen-bond acceptors (Lipinski definition) is 2. The molecular formula is C10H14IN3. The van der Waals surface area contributed by atoms with Gasteiger partial charge in [0.15, 0.2) is 0 Å². The Labute approximate surface area is 97.2 Å². The number of rotatable bonds is 1. The Hall–Kier alpha value is -0.260. The largest absolute Gasteiger partial charge is 0.383 e. The lowest BCUT2D eigenvalue weighted by atomic mass is 9.95. The number of halogens is 1. The smallest absolute Gasteiger partial charge is 0.135 e. The van der Waals surface area contributed by atoms with Crippen LogP contribution in [0.4, 0.5) is 5.82 Å². The number of nitrogens with two attached hydrogens (primary N) is 1. The van der Waals surface area contributed by atoms with E-state index < -0.39 is 0 Å². The van der Waals surface area contributed by atoms with Crippen molar-refractivity contribution in [3.63, 3.8) is 0 Å². The Bertz CT molecular complexity index is 360. The van der Waals surface area contributed by atoms with Crippen LogP contribution in [0.5, 0.6) is 0 Å². The maximum absolute atomic E-state index is 6.01. The molecule has 2 saturated carbocycles. The Morgan fingerprint density at radius 3 is 2.79 bits per heavy atom. The van der Waals surface area contributed by atoms with Gasteiger partial charge in [-0.3, -0.25) is 0 Å². The van der Waals surface area contributed by atoms with Gasteiger partial charge in [-0.25, -0.2) is 4.68 Å². The SMILES string of the molecule is Nc1c(I)cnn1C1CC2CCC1C2. The average molecular weight is 303 g/mol. The highest BCUT2D eigenvalue weighted by molar-refractivity contribution is 14.1. The van der Waals surface area contributed by atoms with Crippen molar-refractivity contribution < 1.29 is 0 Å². The van der Waals surface area contributed by atoms with E-state index in [1.807, 2.05) is 6.20 Å². The molecule has 76 valence electrons. The summed E-state index contributed by atoms with van der Waals surface area (Å²) in [5, 5.41) is 4.40. The summed E-state index contributed by atoms with van der Waals surface area (Å²) in [6.07, 6.45) is 7.39. The van der Waals surface area contributed by atoms with E-state index in [4.69, 9.17) is 5.73 Å². The molecule has 0 radical (unpaired) electrons. The second-order valence-corrected chi connectivity index (χ2v) is 5.73. The van der Waals surface area contributed by atoms with E-state index in [-0.39, 0.29) is 0 Å². The molecule has 1 heterocycles. The fourth-order valence-electron chi connectivity index (χ4n) is 3.13. The quantitative estimate of drug-likeness (QED) is 0.810. The minimum absolute atomic E-state index is 0.595. The number of anilines is 1. The molecule has 2 fully saturated rings. The van der Waals surface area contributed by atoms with Crippen LogP contribution in [-0.4, -0.2) is 9.78 Å². The van der Waals surface area contributed by atoms with Gasteiger partial charge in [0.05, 0.1) is 15.8 Å². The van der Waals surface area contributed by atoms with Gasteiger partial charge in [-0.1, -0.05) is 6.42 Å². The van der Waals surface area contributed by atoms with E-state index in [9.17, 15) is 0 Å². The van der Waals surface area contributed by atoms with Crippen molar-refractivity contribution >= 4 is 28.4 Å². The predicted molar refractivity (Wildman–Crippen MR) is 63.8 cm³/mol. The summed E-state index contributed by atoms with van der Waals surface area (Å²) in [5.41, 5.74) is 6.01. The topological polar surface area (TPSA) is 43.8 Å². The van der Waals surface area contributed by atoms with E-state index in [1.54, 1.807) is 0 Å². The van der Waals surface area contributed by atoms with Crippen LogP contribution in [0.3, 0.4) is 0 Å². The third kappa shape index (κ3) is 1.19. The zero-order chi connectivity index (χ0) is 9.71. The van der Waals surface area contributed by atoms with E-state index in [2.05, 4.69) is 32.4 Å². The molecule has 3 atom stereocenters. The van der Waals surface area contributed by atoms with Gasteiger partial charge in [-0.15, -0.1) is 0 Å². The van der Waals surface area contributed by atoms with Crippen LogP contribution >= 0.6 is 22.6 Å². The molecular weight excluding hydrogens is 289 g/mol. The van der Waals surface area contributed by atoms with E-state index >= 15 is 0 Å². The van der Waals surface area contributed by atoms with Crippen molar-refractivity contribution in [1.29, 1.82) is 0 Å². The van der Waals surface area contributed by atoms with E-state index in [1.165, 1.54) is 25.7 Å². The van der Waals surface area contributed by atoms with Crippen LogP contribution in [0, 0.1) is 15.4 Å². The molecule has 0 aliphatic heterocycles. The van der Waals surface area contributed by atoms with Crippen LogP contribution < -0.4 is 5.73 Å². The van der Waals surface area contributed by atoms with Gasteiger partial charge in [0, 0.05) is 0 Å². The summed E-state index contributed by atoms with van der Waals surface area (Å²) in [6, 6.07) is 0.595. The van der Waals surface area contributed by atoms with E-state index in [0.29, 0.717) is 6.04 Å². The maximum atomic E-state index is 6.01. The zero-order valence-corrected chi connectivity index (χ0v) is 10.1. The highest BCUT2D eigenvalue weighted by Crippen LogP contribution is 2.51. The van der Waals surface area contributed by atoms with Gasteiger partial charge < -0.3 is 5.73 Å². The highest BCUT2D eigenvalue weighted by atomic mass is 127. The summed E-state index contributed by atoms with van der Waals surface area (Å²) < 4.78 is 3.15. The van der Waals surface area contributed by atoms with Crippen molar-refractivity contribution in [3.8, 4) is 0 Å². The van der Waals surface area contributed by atoms with Gasteiger partial charge in [0.1, 0.15) is 5.82 Å². The maximum Gasteiger partial charge on any atom is 0.135 e. The molecule has 0 aromatic carbocycles. The first-order valence-electron chi connectivity index (χ1n) is 5.24. The number of hydrogen-bond donors (Lipinski definition) is 1. The molecule has 2 bridgehead atoms. The minimum Gasteiger partial charge on any atom is -0.383 e. The molecule has 3 nitrogen and oxygen atoms in total. The number of nitrogen functional groups attached to an aromatic ring is 1. The first-order chi connectivity index (χ1) is 6.75. The van der Waals surface area contributed by atoms with Crippen molar-refractivity contribution in [2.45, 2.75) is 31.7 Å². The highest BCUT2D eigenvalue weighted by Gasteiger charge is 2.41. The fraction of sp³-hybridized carbons (Fsp3) is 0.700. The molecule has 3 unspecified atom stereocenters. The van der Waals surface area contributed by atoms with E-state index in [0.717, 1.165) is 21.2 Å². The second-order valence-electron chi connectivity index (χ2n) is 4.56. The molecule has 3 rings (SSSR count). The molecule has 2 aliphatic carbocycles. The molecule has 1 aromatic heterocycles. The van der Waals surface area contributed by atoms with Crippen molar-refractivity contribution in [3.05, 3.63) is 9.77 Å². The number of fused-ring (bicyclic) bond motifs is 2. The lowest BCUT2D eigenvalue weighted by Gasteiger charge is -2.22. The monoisotopic (exact) mass is 303 g/mol. The summed E-state index contributed by atoms with van der Waals surface area (Å²) in [6.45, 7) is 0. The van der Waals surface area contributed by atoms with Crippen molar-refractivity contribution in [1.82, 2.24) is 9.78 Å². The molecule has 2 aliphatic rings. The van der Waals surface area contributed by atoms with Gasteiger partial charge in [-0.2, -0.15) is 5.10 Å².